The highest BCUT2D eigenvalue weighted by molar-refractivity contribution is 5.96. The van der Waals surface area contributed by atoms with Crippen molar-refractivity contribution in [1.82, 2.24) is 10.6 Å². The third kappa shape index (κ3) is 7.30. The zero-order valence-electron chi connectivity index (χ0n) is 17.0. The van der Waals surface area contributed by atoms with E-state index in [0.717, 1.165) is 12.8 Å². The third-order valence-corrected chi connectivity index (χ3v) is 4.52. The normalized spacial score (nSPS) is 22.5. The van der Waals surface area contributed by atoms with Crippen molar-refractivity contribution in [3.63, 3.8) is 0 Å². The number of ether oxygens (including phenoxy) is 1. The molecule has 0 radical (unpaired) electrons. The van der Waals surface area contributed by atoms with Crippen molar-refractivity contribution in [3.05, 3.63) is 11.6 Å². The Hall–Kier alpha value is -2.42. The molecular weight excluding hydrogens is 364 g/mol. The van der Waals surface area contributed by atoms with E-state index in [1.165, 1.54) is 13.0 Å². The zero-order chi connectivity index (χ0) is 21.3. The summed E-state index contributed by atoms with van der Waals surface area (Å²) in [6.45, 7) is 7.19. The zero-order valence-corrected chi connectivity index (χ0v) is 17.0. The van der Waals surface area contributed by atoms with Crippen LogP contribution in [0.1, 0.15) is 59.8 Å². The summed E-state index contributed by atoms with van der Waals surface area (Å²) in [5, 5.41) is 14.8. The van der Waals surface area contributed by atoms with Crippen LogP contribution in [-0.4, -0.2) is 53.1 Å². The molecule has 158 valence electrons. The van der Waals surface area contributed by atoms with Gasteiger partial charge in [0.15, 0.2) is 5.96 Å². The lowest BCUT2D eigenvalue weighted by molar-refractivity contribution is -0.133. The maximum Gasteiger partial charge on any atom is 0.331 e. The number of nitrogens with zero attached hydrogens (tertiary/aromatic N) is 1. The first-order chi connectivity index (χ1) is 13.2. The third-order valence-electron chi connectivity index (χ3n) is 4.52. The summed E-state index contributed by atoms with van der Waals surface area (Å²) in [4.78, 5) is 39.4. The average molecular weight is 396 g/mol. The summed E-state index contributed by atoms with van der Waals surface area (Å²) in [7, 11) is 0. The van der Waals surface area contributed by atoms with Gasteiger partial charge >= 0.3 is 5.97 Å². The lowest BCUT2D eigenvalue weighted by atomic mass is 9.88. The number of hydrogen-bond acceptors (Lipinski definition) is 5. The molecule has 0 heterocycles. The van der Waals surface area contributed by atoms with Crippen molar-refractivity contribution >= 4 is 23.7 Å². The number of guanidine groups is 1. The molecule has 28 heavy (non-hydrogen) atoms. The fourth-order valence-electron chi connectivity index (χ4n) is 3.11. The van der Waals surface area contributed by atoms with E-state index in [0.29, 0.717) is 12.8 Å². The number of carboxylic acid groups (broad SMARTS) is 1. The molecule has 0 saturated heterocycles. The number of carbonyl (C=O) groups is 3. The molecule has 9 heteroatoms. The van der Waals surface area contributed by atoms with Crippen LogP contribution < -0.4 is 16.4 Å². The van der Waals surface area contributed by atoms with Crippen molar-refractivity contribution in [2.75, 3.05) is 0 Å². The van der Waals surface area contributed by atoms with E-state index in [9.17, 15) is 19.5 Å². The first kappa shape index (κ1) is 23.6. The first-order valence-corrected chi connectivity index (χ1v) is 9.71. The standard InChI is InChI=1S/C19H32N4O5/c1-5-8-16(25)23-19(20)22-14-9-12(18(26)27)10-15(17(14)21-11(4)24)28-13(6-2)7-3/h10,13-15,17H,5-9H2,1-4H3,(H,21,24)(H,26,27)(H3,20,22,23,25)/t14-,15+,17+/m0/s1. The van der Waals surface area contributed by atoms with E-state index in [4.69, 9.17) is 10.5 Å². The molecule has 0 aromatic carbocycles. The van der Waals surface area contributed by atoms with Crippen molar-refractivity contribution in [1.29, 1.82) is 0 Å². The highest BCUT2D eigenvalue weighted by Crippen LogP contribution is 2.26. The predicted octanol–water partition coefficient (Wildman–Crippen LogP) is 1.08. The van der Waals surface area contributed by atoms with Crippen LogP contribution >= 0.6 is 0 Å². The largest absolute Gasteiger partial charge is 0.478 e. The second kappa shape index (κ2) is 11.4. The van der Waals surface area contributed by atoms with Gasteiger partial charge in [-0.3, -0.25) is 14.9 Å². The Labute approximate surface area is 165 Å². The van der Waals surface area contributed by atoms with Crippen LogP contribution in [0.25, 0.3) is 0 Å². The number of carbonyl (C=O) groups excluding carboxylic acids is 2. The Morgan fingerprint density at radius 2 is 1.96 bits per heavy atom. The number of rotatable bonds is 9. The molecule has 0 aromatic heterocycles. The summed E-state index contributed by atoms with van der Waals surface area (Å²) < 4.78 is 6.06. The van der Waals surface area contributed by atoms with Gasteiger partial charge in [0.25, 0.3) is 0 Å². The highest BCUT2D eigenvalue weighted by atomic mass is 16.5. The van der Waals surface area contributed by atoms with Crippen LogP contribution in [0.4, 0.5) is 0 Å². The van der Waals surface area contributed by atoms with Gasteiger partial charge < -0.3 is 20.9 Å². The Bertz CT molecular complexity index is 628. The minimum absolute atomic E-state index is 0.0629. The minimum atomic E-state index is -1.08. The van der Waals surface area contributed by atoms with Crippen molar-refractivity contribution in [2.24, 2.45) is 10.7 Å². The summed E-state index contributed by atoms with van der Waals surface area (Å²) in [6, 6.07) is -1.27. The smallest absolute Gasteiger partial charge is 0.331 e. The molecule has 0 unspecified atom stereocenters. The Morgan fingerprint density at radius 1 is 1.32 bits per heavy atom. The Kier molecular flexibility index (Phi) is 9.64. The van der Waals surface area contributed by atoms with Crippen molar-refractivity contribution < 1.29 is 24.2 Å². The van der Waals surface area contributed by atoms with E-state index in [-0.39, 0.29) is 35.9 Å². The number of nitrogens with one attached hydrogen (secondary N) is 2. The molecule has 0 bridgehead atoms. The quantitative estimate of drug-likeness (QED) is 0.339. The van der Waals surface area contributed by atoms with Gasteiger partial charge in [-0.1, -0.05) is 20.8 Å². The minimum Gasteiger partial charge on any atom is -0.478 e. The van der Waals surface area contributed by atoms with Gasteiger partial charge in [-0.2, -0.15) is 0 Å². The second-order valence-electron chi connectivity index (χ2n) is 6.85. The first-order valence-electron chi connectivity index (χ1n) is 9.71. The number of hydrogen-bond donors (Lipinski definition) is 4. The summed E-state index contributed by atoms with van der Waals surface area (Å²) in [6.07, 6.45) is 3.30. The van der Waals surface area contributed by atoms with Gasteiger partial charge in [0.2, 0.25) is 11.8 Å². The molecular formula is C19H32N4O5. The van der Waals surface area contributed by atoms with Crippen LogP contribution in [0, 0.1) is 0 Å². The van der Waals surface area contributed by atoms with Crippen molar-refractivity contribution in [2.45, 2.75) is 84.1 Å². The van der Waals surface area contributed by atoms with Crippen LogP contribution in [0.3, 0.4) is 0 Å². The lowest BCUT2D eigenvalue weighted by Gasteiger charge is -2.36. The molecule has 0 spiro atoms. The molecule has 0 fully saturated rings. The topological polar surface area (TPSA) is 143 Å². The Morgan fingerprint density at radius 3 is 2.46 bits per heavy atom. The fourth-order valence-corrected chi connectivity index (χ4v) is 3.11. The number of aliphatic imine (C=N–C) groups is 1. The SMILES string of the molecule is CCCC(=O)NC(N)=N[C@H]1CC(C(=O)O)=C[C@@H](OC(CC)CC)[C@@H]1NC(C)=O. The molecule has 1 aliphatic rings. The van der Waals surface area contributed by atoms with Crippen LogP contribution in [0.5, 0.6) is 0 Å². The second-order valence-corrected chi connectivity index (χ2v) is 6.85. The molecule has 9 nitrogen and oxygen atoms in total. The van der Waals surface area contributed by atoms with Crippen LogP contribution in [0.2, 0.25) is 0 Å². The van der Waals surface area contributed by atoms with E-state index in [2.05, 4.69) is 15.6 Å². The summed E-state index contributed by atoms with van der Waals surface area (Å²) in [5.74, 6) is -1.74. The number of amides is 2. The predicted molar refractivity (Wildman–Crippen MR) is 106 cm³/mol. The van der Waals surface area contributed by atoms with Gasteiger partial charge in [-0.05, 0) is 25.3 Å². The van der Waals surface area contributed by atoms with E-state index in [1.807, 2.05) is 20.8 Å². The number of carboxylic acids is 1. The number of nitrogens with two attached hydrogens (primary N) is 1. The van der Waals surface area contributed by atoms with Crippen molar-refractivity contribution in [3.8, 4) is 0 Å². The molecule has 0 aromatic rings. The van der Waals surface area contributed by atoms with Gasteiger partial charge in [0.1, 0.15) is 0 Å². The Balaban J connectivity index is 3.19. The highest BCUT2D eigenvalue weighted by Gasteiger charge is 2.37. The number of aliphatic carboxylic acids is 1. The molecule has 5 N–H and O–H groups in total. The molecule has 0 saturated carbocycles. The summed E-state index contributed by atoms with van der Waals surface area (Å²) in [5.41, 5.74) is 5.98. The lowest BCUT2D eigenvalue weighted by Crippen LogP contribution is -2.54. The maximum absolute atomic E-state index is 11.7. The van der Waals surface area contributed by atoms with E-state index >= 15 is 0 Å². The van der Waals surface area contributed by atoms with Crippen LogP contribution in [-0.2, 0) is 19.1 Å². The molecule has 2 amide bonds. The van der Waals surface area contributed by atoms with Crippen LogP contribution in [0.15, 0.2) is 16.6 Å². The van der Waals surface area contributed by atoms with Gasteiger partial charge in [-0.15, -0.1) is 0 Å². The molecule has 1 rings (SSSR count). The molecule has 1 aliphatic carbocycles. The fraction of sp³-hybridized carbons (Fsp3) is 0.684. The van der Waals surface area contributed by atoms with Gasteiger partial charge in [-0.25, -0.2) is 9.79 Å². The van der Waals surface area contributed by atoms with E-state index in [1.54, 1.807) is 0 Å². The van der Waals surface area contributed by atoms with Gasteiger partial charge in [0.05, 0.1) is 24.3 Å². The summed E-state index contributed by atoms with van der Waals surface area (Å²) >= 11 is 0. The molecule has 0 aliphatic heterocycles. The molecule has 3 atom stereocenters. The average Bonchev–Trinajstić information content (AvgIpc) is 2.61. The maximum atomic E-state index is 11.7. The van der Waals surface area contributed by atoms with Gasteiger partial charge in [0, 0.05) is 25.3 Å². The monoisotopic (exact) mass is 396 g/mol. The van der Waals surface area contributed by atoms with E-state index < -0.39 is 24.2 Å².